The van der Waals surface area contributed by atoms with Gasteiger partial charge in [-0.3, -0.25) is 4.79 Å². The van der Waals surface area contributed by atoms with Crippen LogP contribution in [0, 0.1) is 13.8 Å². The fraction of sp³-hybridized carbons (Fsp3) is 0.263. The Bertz CT molecular complexity index is 762. The Morgan fingerprint density at radius 3 is 2.48 bits per heavy atom. The number of carbonyl (C=O) groups excluding carboxylic acids is 2. The Morgan fingerprint density at radius 1 is 1.00 bits per heavy atom. The highest BCUT2D eigenvalue weighted by molar-refractivity contribution is 9.10. The number of rotatable bonds is 6. The molecule has 6 heteroatoms. The van der Waals surface area contributed by atoms with Crippen molar-refractivity contribution in [3.8, 4) is 0 Å². The van der Waals surface area contributed by atoms with E-state index in [9.17, 15) is 9.59 Å². The van der Waals surface area contributed by atoms with E-state index in [1.807, 2.05) is 56.3 Å². The number of anilines is 1. The Balaban J connectivity index is 1.70. The summed E-state index contributed by atoms with van der Waals surface area (Å²) >= 11 is 3.38. The minimum absolute atomic E-state index is 0.0777. The summed E-state index contributed by atoms with van der Waals surface area (Å²) < 4.78 is 0.953. The van der Waals surface area contributed by atoms with Crippen molar-refractivity contribution in [3.05, 3.63) is 63.6 Å². The van der Waals surface area contributed by atoms with Crippen LogP contribution in [0.15, 0.2) is 46.9 Å². The molecule has 3 amide bonds. The lowest BCUT2D eigenvalue weighted by Gasteiger charge is -2.11. The van der Waals surface area contributed by atoms with Crippen LogP contribution in [0.1, 0.15) is 16.7 Å². The average Bonchev–Trinajstić information content (AvgIpc) is 2.57. The molecule has 0 atom stereocenters. The highest BCUT2D eigenvalue weighted by Crippen LogP contribution is 2.19. The van der Waals surface area contributed by atoms with E-state index in [4.69, 9.17) is 0 Å². The summed E-state index contributed by atoms with van der Waals surface area (Å²) in [7, 11) is 0. The second-order valence-corrected chi connectivity index (χ2v) is 6.71. The lowest BCUT2D eigenvalue weighted by molar-refractivity contribution is -0.115. The van der Waals surface area contributed by atoms with Crippen LogP contribution in [0.3, 0.4) is 0 Å². The predicted molar refractivity (Wildman–Crippen MR) is 104 cm³/mol. The van der Waals surface area contributed by atoms with Crippen LogP contribution in [0.25, 0.3) is 0 Å². The largest absolute Gasteiger partial charge is 0.338 e. The van der Waals surface area contributed by atoms with E-state index >= 15 is 0 Å². The molecule has 0 spiro atoms. The van der Waals surface area contributed by atoms with Crippen LogP contribution in [0.4, 0.5) is 10.5 Å². The molecule has 0 aliphatic heterocycles. The van der Waals surface area contributed by atoms with Gasteiger partial charge < -0.3 is 16.0 Å². The summed E-state index contributed by atoms with van der Waals surface area (Å²) in [4.78, 5) is 23.7. The molecule has 0 saturated carbocycles. The topological polar surface area (TPSA) is 70.2 Å². The van der Waals surface area contributed by atoms with Gasteiger partial charge in [0.2, 0.25) is 5.91 Å². The van der Waals surface area contributed by atoms with Crippen molar-refractivity contribution in [1.82, 2.24) is 10.6 Å². The Labute approximate surface area is 156 Å². The van der Waals surface area contributed by atoms with Gasteiger partial charge in [0.25, 0.3) is 0 Å². The SMILES string of the molecule is Cc1ccccc1CCNC(=O)NCC(=O)Nc1ccc(Br)cc1C. The molecule has 0 unspecified atom stereocenters. The molecule has 132 valence electrons. The molecule has 0 bridgehead atoms. The quantitative estimate of drug-likeness (QED) is 0.689. The first kappa shape index (κ1) is 19.0. The number of halogens is 1. The van der Waals surface area contributed by atoms with Gasteiger partial charge in [-0.1, -0.05) is 40.2 Å². The summed E-state index contributed by atoms with van der Waals surface area (Å²) in [5, 5.41) is 8.10. The molecule has 0 saturated heterocycles. The van der Waals surface area contributed by atoms with Crippen molar-refractivity contribution in [2.45, 2.75) is 20.3 Å². The van der Waals surface area contributed by atoms with Crippen LogP contribution >= 0.6 is 15.9 Å². The van der Waals surface area contributed by atoms with Gasteiger partial charge in [0.15, 0.2) is 0 Å². The highest BCUT2D eigenvalue weighted by Gasteiger charge is 2.07. The molecule has 0 aromatic heterocycles. The molecular formula is C19H22BrN3O2. The summed E-state index contributed by atoms with van der Waals surface area (Å²) in [5.41, 5.74) is 4.08. The molecule has 0 aliphatic carbocycles. The first-order valence-electron chi connectivity index (χ1n) is 8.08. The molecule has 2 rings (SSSR count). The van der Waals surface area contributed by atoms with E-state index in [2.05, 4.69) is 31.9 Å². The summed E-state index contributed by atoms with van der Waals surface area (Å²) in [6.07, 6.45) is 0.754. The number of urea groups is 1. The fourth-order valence-electron chi connectivity index (χ4n) is 2.39. The van der Waals surface area contributed by atoms with Crippen LogP contribution in [0.5, 0.6) is 0 Å². The van der Waals surface area contributed by atoms with E-state index < -0.39 is 0 Å². The maximum atomic E-state index is 11.9. The summed E-state index contributed by atoms with van der Waals surface area (Å²) in [5.74, 6) is -0.264. The average molecular weight is 404 g/mol. The third-order valence-electron chi connectivity index (χ3n) is 3.81. The number of aryl methyl sites for hydroxylation is 2. The highest BCUT2D eigenvalue weighted by atomic mass is 79.9. The third kappa shape index (κ3) is 6.23. The molecule has 2 aromatic rings. The lowest BCUT2D eigenvalue weighted by Crippen LogP contribution is -2.40. The summed E-state index contributed by atoms with van der Waals surface area (Å²) in [6.45, 7) is 4.39. The molecule has 5 nitrogen and oxygen atoms in total. The van der Waals surface area contributed by atoms with E-state index in [1.54, 1.807) is 0 Å². The van der Waals surface area contributed by atoms with E-state index in [0.29, 0.717) is 6.54 Å². The van der Waals surface area contributed by atoms with Crippen LogP contribution < -0.4 is 16.0 Å². The Morgan fingerprint density at radius 2 is 1.76 bits per heavy atom. The normalized spacial score (nSPS) is 10.2. The zero-order valence-corrected chi connectivity index (χ0v) is 15.9. The minimum atomic E-state index is -0.351. The maximum absolute atomic E-state index is 11.9. The number of nitrogens with one attached hydrogen (secondary N) is 3. The van der Waals surface area contributed by atoms with Gasteiger partial charge in [0.1, 0.15) is 0 Å². The predicted octanol–water partition coefficient (Wildman–Crippen LogP) is 3.55. The first-order valence-corrected chi connectivity index (χ1v) is 8.87. The van der Waals surface area contributed by atoms with Gasteiger partial charge in [-0.05, 0) is 55.2 Å². The Kier molecular flexibility index (Phi) is 7.01. The van der Waals surface area contributed by atoms with Gasteiger partial charge in [-0.25, -0.2) is 4.79 Å². The van der Waals surface area contributed by atoms with Gasteiger partial charge in [-0.15, -0.1) is 0 Å². The van der Waals surface area contributed by atoms with Crippen LogP contribution in [0.2, 0.25) is 0 Å². The second-order valence-electron chi connectivity index (χ2n) is 5.79. The lowest BCUT2D eigenvalue weighted by atomic mass is 10.1. The second kappa shape index (κ2) is 9.22. The number of hydrogen-bond acceptors (Lipinski definition) is 2. The molecule has 0 fully saturated rings. The van der Waals surface area contributed by atoms with Crippen molar-refractivity contribution in [2.24, 2.45) is 0 Å². The van der Waals surface area contributed by atoms with Crippen molar-refractivity contribution >= 4 is 33.6 Å². The summed E-state index contributed by atoms with van der Waals surface area (Å²) in [6, 6.07) is 13.3. The molecule has 0 heterocycles. The zero-order chi connectivity index (χ0) is 18.2. The van der Waals surface area contributed by atoms with E-state index in [0.717, 1.165) is 22.1 Å². The maximum Gasteiger partial charge on any atom is 0.315 e. The number of benzene rings is 2. The molecule has 0 radical (unpaired) electrons. The minimum Gasteiger partial charge on any atom is -0.338 e. The van der Waals surface area contributed by atoms with Crippen LogP contribution in [-0.2, 0) is 11.2 Å². The van der Waals surface area contributed by atoms with Crippen molar-refractivity contribution < 1.29 is 9.59 Å². The smallest absolute Gasteiger partial charge is 0.315 e. The number of amides is 3. The molecule has 2 aromatic carbocycles. The van der Waals surface area contributed by atoms with Gasteiger partial charge >= 0.3 is 6.03 Å². The van der Waals surface area contributed by atoms with Gasteiger partial charge in [-0.2, -0.15) is 0 Å². The molecule has 3 N–H and O–H groups in total. The Hall–Kier alpha value is -2.34. The first-order chi connectivity index (χ1) is 12.0. The van der Waals surface area contributed by atoms with Gasteiger partial charge in [0, 0.05) is 16.7 Å². The molecule has 0 aliphatic rings. The molecule has 25 heavy (non-hydrogen) atoms. The third-order valence-corrected chi connectivity index (χ3v) is 4.31. The van der Waals surface area contributed by atoms with Crippen molar-refractivity contribution in [3.63, 3.8) is 0 Å². The zero-order valence-electron chi connectivity index (χ0n) is 14.4. The van der Waals surface area contributed by atoms with Crippen molar-refractivity contribution in [2.75, 3.05) is 18.4 Å². The van der Waals surface area contributed by atoms with E-state index in [1.165, 1.54) is 11.1 Å². The fourth-order valence-corrected chi connectivity index (χ4v) is 2.86. The number of carbonyl (C=O) groups is 2. The van der Waals surface area contributed by atoms with Crippen LogP contribution in [-0.4, -0.2) is 25.0 Å². The standard InChI is InChI=1S/C19H22BrN3O2/c1-13-5-3-4-6-15(13)9-10-21-19(25)22-12-18(24)23-17-8-7-16(20)11-14(17)2/h3-8,11H,9-10,12H2,1-2H3,(H,23,24)(H2,21,22,25). The van der Waals surface area contributed by atoms with Crippen molar-refractivity contribution in [1.29, 1.82) is 0 Å². The molecular weight excluding hydrogens is 382 g/mol. The van der Waals surface area contributed by atoms with E-state index in [-0.39, 0.29) is 18.5 Å². The number of hydrogen-bond donors (Lipinski definition) is 3. The monoisotopic (exact) mass is 403 g/mol. The van der Waals surface area contributed by atoms with Gasteiger partial charge in [0.05, 0.1) is 6.54 Å².